The number of halogens is 1. The molecule has 0 spiro atoms. The van der Waals surface area contributed by atoms with E-state index in [1.807, 2.05) is 20.8 Å². The molecule has 1 amide bonds. The number of sulfonamides is 1. The van der Waals surface area contributed by atoms with E-state index in [0.717, 1.165) is 6.42 Å². The summed E-state index contributed by atoms with van der Waals surface area (Å²) in [7, 11) is -3.86. The van der Waals surface area contributed by atoms with E-state index in [0.29, 0.717) is 0 Å². The van der Waals surface area contributed by atoms with Gasteiger partial charge in [-0.2, -0.15) is 0 Å². The summed E-state index contributed by atoms with van der Waals surface area (Å²) in [6.07, 6.45) is 0.727. The van der Waals surface area contributed by atoms with Crippen LogP contribution in [-0.2, 0) is 10.0 Å². The number of hydrogen-bond donors (Lipinski definition) is 2. The maximum Gasteiger partial charge on any atom is 0.253 e. The molecule has 0 aliphatic carbocycles. The van der Waals surface area contributed by atoms with Crippen LogP contribution in [0.4, 0.5) is 0 Å². The molecule has 5 nitrogen and oxygen atoms in total. The highest BCUT2D eigenvalue weighted by molar-refractivity contribution is 7.89. The van der Waals surface area contributed by atoms with E-state index in [-0.39, 0.29) is 15.5 Å². The van der Waals surface area contributed by atoms with E-state index < -0.39 is 21.5 Å². The van der Waals surface area contributed by atoms with Gasteiger partial charge in [-0.1, -0.05) is 18.5 Å². The third-order valence-corrected chi connectivity index (χ3v) is 4.09. The van der Waals surface area contributed by atoms with Crippen molar-refractivity contribution in [2.24, 2.45) is 5.14 Å². The zero-order valence-electron chi connectivity index (χ0n) is 11.0. The largest absolute Gasteiger partial charge is 0.347 e. The van der Waals surface area contributed by atoms with E-state index in [1.54, 1.807) is 0 Å². The third-order valence-electron chi connectivity index (χ3n) is 2.85. The summed E-state index contributed by atoms with van der Waals surface area (Å²) >= 11 is 5.92. The highest BCUT2D eigenvalue weighted by Crippen LogP contribution is 2.21. The molecule has 0 aromatic heterocycles. The Morgan fingerprint density at radius 3 is 2.47 bits per heavy atom. The minimum absolute atomic E-state index is 0.0923. The molecule has 0 atom stereocenters. The van der Waals surface area contributed by atoms with Crippen molar-refractivity contribution in [2.45, 2.75) is 37.6 Å². The minimum atomic E-state index is -3.86. The number of benzene rings is 1. The molecule has 0 aliphatic rings. The second kappa shape index (κ2) is 5.48. The fourth-order valence-corrected chi connectivity index (χ4v) is 2.06. The average Bonchev–Trinajstić information content (AvgIpc) is 2.27. The van der Waals surface area contributed by atoms with Gasteiger partial charge in [-0.25, -0.2) is 13.6 Å². The number of primary sulfonamides is 1. The quantitative estimate of drug-likeness (QED) is 0.890. The molecule has 0 fully saturated rings. The molecule has 0 radical (unpaired) electrons. The molecule has 19 heavy (non-hydrogen) atoms. The van der Waals surface area contributed by atoms with E-state index in [1.165, 1.54) is 18.2 Å². The van der Waals surface area contributed by atoms with Gasteiger partial charge >= 0.3 is 0 Å². The van der Waals surface area contributed by atoms with Gasteiger partial charge in [0, 0.05) is 5.54 Å². The highest BCUT2D eigenvalue weighted by atomic mass is 35.5. The number of carbonyl (C=O) groups excluding carboxylic acids is 1. The van der Waals surface area contributed by atoms with Crippen LogP contribution in [0.1, 0.15) is 37.6 Å². The first-order valence-corrected chi connectivity index (χ1v) is 7.64. The number of hydrogen-bond acceptors (Lipinski definition) is 3. The van der Waals surface area contributed by atoms with Crippen molar-refractivity contribution in [3.05, 3.63) is 28.8 Å². The molecule has 0 saturated carbocycles. The van der Waals surface area contributed by atoms with Crippen molar-refractivity contribution in [1.29, 1.82) is 0 Å². The molecule has 7 heteroatoms. The first-order chi connectivity index (χ1) is 8.57. The van der Waals surface area contributed by atoms with Gasteiger partial charge in [-0.3, -0.25) is 4.79 Å². The third kappa shape index (κ3) is 4.19. The van der Waals surface area contributed by atoms with Crippen molar-refractivity contribution >= 4 is 27.5 Å². The number of amides is 1. The SMILES string of the molecule is CCC(C)(C)NC(=O)c1cc(S(N)(=O)=O)ccc1Cl. The lowest BCUT2D eigenvalue weighted by Gasteiger charge is -2.24. The second-order valence-corrected chi connectivity index (χ2v) is 6.85. The molecule has 0 aliphatic heterocycles. The highest BCUT2D eigenvalue weighted by Gasteiger charge is 2.21. The predicted molar refractivity (Wildman–Crippen MR) is 74.7 cm³/mol. The fourth-order valence-electron chi connectivity index (χ4n) is 1.32. The van der Waals surface area contributed by atoms with Crippen LogP contribution >= 0.6 is 11.6 Å². The van der Waals surface area contributed by atoms with Gasteiger partial charge in [0.15, 0.2) is 0 Å². The molecule has 1 rings (SSSR count). The second-order valence-electron chi connectivity index (χ2n) is 4.88. The van der Waals surface area contributed by atoms with Crippen LogP contribution in [0.25, 0.3) is 0 Å². The van der Waals surface area contributed by atoms with Crippen LogP contribution in [0.5, 0.6) is 0 Å². The van der Waals surface area contributed by atoms with Gasteiger partial charge in [0.1, 0.15) is 0 Å². The van der Waals surface area contributed by atoms with Crippen molar-refractivity contribution in [3.8, 4) is 0 Å². The Labute approximate surface area is 118 Å². The van der Waals surface area contributed by atoms with E-state index in [2.05, 4.69) is 5.32 Å². The van der Waals surface area contributed by atoms with E-state index in [4.69, 9.17) is 16.7 Å². The Morgan fingerprint density at radius 2 is 2.00 bits per heavy atom. The molecule has 1 aromatic carbocycles. The maximum atomic E-state index is 12.1. The minimum Gasteiger partial charge on any atom is -0.347 e. The van der Waals surface area contributed by atoms with Crippen LogP contribution in [-0.4, -0.2) is 19.9 Å². The zero-order chi connectivity index (χ0) is 14.8. The number of nitrogens with one attached hydrogen (secondary N) is 1. The van der Waals surface area contributed by atoms with Gasteiger partial charge in [-0.05, 0) is 38.5 Å². The number of rotatable bonds is 4. The van der Waals surface area contributed by atoms with Gasteiger partial charge in [0.25, 0.3) is 5.91 Å². The first kappa shape index (κ1) is 15.9. The van der Waals surface area contributed by atoms with Crippen molar-refractivity contribution < 1.29 is 13.2 Å². The summed E-state index contributed by atoms with van der Waals surface area (Å²) in [6, 6.07) is 3.79. The van der Waals surface area contributed by atoms with E-state index >= 15 is 0 Å². The molecule has 106 valence electrons. The van der Waals surface area contributed by atoms with Crippen LogP contribution in [0.2, 0.25) is 5.02 Å². The summed E-state index contributed by atoms with van der Waals surface area (Å²) < 4.78 is 22.5. The van der Waals surface area contributed by atoms with E-state index in [9.17, 15) is 13.2 Å². The Hall–Kier alpha value is -1.11. The van der Waals surface area contributed by atoms with Crippen LogP contribution < -0.4 is 10.5 Å². The topological polar surface area (TPSA) is 89.3 Å². The first-order valence-electron chi connectivity index (χ1n) is 5.71. The smallest absolute Gasteiger partial charge is 0.253 e. The molecular weight excluding hydrogens is 288 g/mol. The summed E-state index contributed by atoms with van der Waals surface area (Å²) in [4.78, 5) is 11.9. The van der Waals surface area contributed by atoms with Crippen LogP contribution in [0.15, 0.2) is 23.1 Å². The van der Waals surface area contributed by atoms with Crippen molar-refractivity contribution in [3.63, 3.8) is 0 Å². The molecule has 0 saturated heterocycles. The Bertz CT molecular complexity index is 597. The summed E-state index contributed by atoms with van der Waals surface area (Å²) in [6.45, 7) is 5.66. The molecule has 1 aromatic rings. The molecule has 0 bridgehead atoms. The Balaban J connectivity index is 3.17. The molecule has 3 N–H and O–H groups in total. The van der Waals surface area contributed by atoms with Gasteiger partial charge < -0.3 is 5.32 Å². The Kier molecular flexibility index (Phi) is 4.60. The van der Waals surface area contributed by atoms with Gasteiger partial charge in [0.05, 0.1) is 15.5 Å². The molecule has 0 heterocycles. The molecular formula is C12H17ClN2O3S. The summed E-state index contributed by atoms with van der Waals surface area (Å²) in [5.74, 6) is -0.428. The number of nitrogens with two attached hydrogens (primary N) is 1. The lowest BCUT2D eigenvalue weighted by Crippen LogP contribution is -2.42. The Morgan fingerprint density at radius 1 is 1.42 bits per heavy atom. The van der Waals surface area contributed by atoms with Crippen LogP contribution in [0.3, 0.4) is 0 Å². The van der Waals surface area contributed by atoms with Crippen molar-refractivity contribution in [1.82, 2.24) is 5.32 Å². The predicted octanol–water partition coefficient (Wildman–Crippen LogP) is 1.91. The van der Waals surface area contributed by atoms with Gasteiger partial charge in [0.2, 0.25) is 10.0 Å². The lowest BCUT2D eigenvalue weighted by molar-refractivity contribution is 0.0911. The van der Waals surface area contributed by atoms with Crippen molar-refractivity contribution in [2.75, 3.05) is 0 Å². The fraction of sp³-hybridized carbons (Fsp3) is 0.417. The average molecular weight is 305 g/mol. The normalized spacial score (nSPS) is 12.3. The molecule has 0 unspecified atom stereocenters. The maximum absolute atomic E-state index is 12.1. The standard InChI is InChI=1S/C12H17ClN2O3S/c1-4-12(2,3)15-11(16)9-7-8(19(14,17)18)5-6-10(9)13/h5-7H,4H2,1-3H3,(H,15,16)(H2,14,17,18). The number of carbonyl (C=O) groups is 1. The van der Waals surface area contributed by atoms with Crippen LogP contribution in [0, 0.1) is 0 Å². The lowest BCUT2D eigenvalue weighted by atomic mass is 10.0. The monoisotopic (exact) mass is 304 g/mol. The zero-order valence-corrected chi connectivity index (χ0v) is 12.6. The van der Waals surface area contributed by atoms with Gasteiger partial charge in [-0.15, -0.1) is 0 Å². The summed E-state index contributed by atoms with van der Waals surface area (Å²) in [5.41, 5.74) is -0.312. The summed E-state index contributed by atoms with van der Waals surface area (Å²) in [5, 5.41) is 7.99.